The molecule has 2 N–H and O–H groups in total. The molecule has 0 saturated carbocycles. The summed E-state index contributed by atoms with van der Waals surface area (Å²) in [5.74, 6) is -0.420. The zero-order chi connectivity index (χ0) is 14.7. The van der Waals surface area contributed by atoms with E-state index in [9.17, 15) is 9.18 Å². The number of carbonyl (C=O) groups excluding carboxylic acids is 1. The number of H-pyrrole nitrogens is 1. The SMILES string of the molecule is Cn1c(CCNC(=O)c2ccc(Cl)cc2F)n[nH]c1=S. The Morgan fingerprint density at radius 3 is 2.95 bits per heavy atom. The standard InChI is InChI=1S/C12H12ClFN4OS/c1-18-10(16-17-12(18)20)4-5-15-11(19)8-3-2-7(13)6-9(8)14/h2-3,6H,4-5H2,1H3,(H,15,19)(H,17,20). The summed E-state index contributed by atoms with van der Waals surface area (Å²) in [5, 5.41) is 9.54. The third kappa shape index (κ3) is 3.23. The Kier molecular flexibility index (Phi) is 4.51. The van der Waals surface area contributed by atoms with E-state index < -0.39 is 11.7 Å². The van der Waals surface area contributed by atoms with Crippen LogP contribution in [-0.2, 0) is 13.5 Å². The van der Waals surface area contributed by atoms with Gasteiger partial charge in [0.25, 0.3) is 5.91 Å². The van der Waals surface area contributed by atoms with Crippen LogP contribution in [0.1, 0.15) is 16.2 Å². The number of hydrogen-bond donors (Lipinski definition) is 2. The van der Waals surface area contributed by atoms with Gasteiger partial charge in [0.1, 0.15) is 11.6 Å². The average Bonchev–Trinajstić information content (AvgIpc) is 2.70. The van der Waals surface area contributed by atoms with Crippen LogP contribution < -0.4 is 5.32 Å². The summed E-state index contributed by atoms with van der Waals surface area (Å²) in [7, 11) is 1.78. The monoisotopic (exact) mass is 314 g/mol. The van der Waals surface area contributed by atoms with Crippen LogP contribution >= 0.6 is 23.8 Å². The van der Waals surface area contributed by atoms with Crippen LogP contribution in [-0.4, -0.2) is 27.2 Å². The van der Waals surface area contributed by atoms with Gasteiger partial charge in [-0.1, -0.05) is 11.6 Å². The lowest BCUT2D eigenvalue weighted by atomic mass is 10.2. The van der Waals surface area contributed by atoms with Crippen LogP contribution in [0.15, 0.2) is 18.2 Å². The molecule has 8 heteroatoms. The van der Waals surface area contributed by atoms with Gasteiger partial charge in [0.2, 0.25) is 0 Å². The van der Waals surface area contributed by atoms with Gasteiger partial charge in [-0.15, -0.1) is 0 Å². The maximum Gasteiger partial charge on any atom is 0.254 e. The molecule has 0 aliphatic carbocycles. The summed E-state index contributed by atoms with van der Waals surface area (Å²) < 4.78 is 15.8. The van der Waals surface area contributed by atoms with Crippen molar-refractivity contribution in [1.29, 1.82) is 0 Å². The molecule has 2 rings (SSSR count). The zero-order valence-electron chi connectivity index (χ0n) is 10.6. The van der Waals surface area contributed by atoms with E-state index in [1.165, 1.54) is 12.1 Å². The number of halogens is 2. The minimum absolute atomic E-state index is 0.0373. The van der Waals surface area contributed by atoms with Crippen molar-refractivity contribution in [3.63, 3.8) is 0 Å². The average molecular weight is 315 g/mol. The predicted molar refractivity (Wildman–Crippen MR) is 75.8 cm³/mol. The molecule has 1 aromatic carbocycles. The molecule has 20 heavy (non-hydrogen) atoms. The summed E-state index contributed by atoms with van der Waals surface area (Å²) in [6.07, 6.45) is 0.491. The lowest BCUT2D eigenvalue weighted by Crippen LogP contribution is -2.27. The number of nitrogens with one attached hydrogen (secondary N) is 2. The number of hydrogen-bond acceptors (Lipinski definition) is 3. The molecular formula is C12H12ClFN4OS. The van der Waals surface area contributed by atoms with E-state index in [-0.39, 0.29) is 10.6 Å². The molecular weight excluding hydrogens is 303 g/mol. The van der Waals surface area contributed by atoms with Gasteiger partial charge in [-0.25, -0.2) is 4.39 Å². The molecule has 1 heterocycles. The van der Waals surface area contributed by atoms with E-state index in [1.807, 2.05) is 0 Å². The third-order valence-corrected chi connectivity index (χ3v) is 3.38. The van der Waals surface area contributed by atoms with Crippen molar-refractivity contribution in [2.45, 2.75) is 6.42 Å². The molecule has 0 saturated heterocycles. The highest BCUT2D eigenvalue weighted by atomic mass is 35.5. The first-order valence-electron chi connectivity index (χ1n) is 5.82. The Hall–Kier alpha value is -1.73. The second-order valence-corrected chi connectivity index (χ2v) is 4.96. The molecule has 0 unspecified atom stereocenters. The molecule has 0 bridgehead atoms. The van der Waals surface area contributed by atoms with Gasteiger partial charge in [-0.3, -0.25) is 9.89 Å². The summed E-state index contributed by atoms with van der Waals surface area (Å²) >= 11 is 10.6. The van der Waals surface area contributed by atoms with Crippen LogP contribution in [0.5, 0.6) is 0 Å². The molecule has 1 amide bonds. The highest BCUT2D eigenvalue weighted by molar-refractivity contribution is 7.71. The van der Waals surface area contributed by atoms with Crippen LogP contribution in [0.3, 0.4) is 0 Å². The van der Waals surface area contributed by atoms with Crippen molar-refractivity contribution in [1.82, 2.24) is 20.1 Å². The molecule has 0 spiro atoms. The number of benzene rings is 1. The molecule has 5 nitrogen and oxygen atoms in total. The first-order chi connectivity index (χ1) is 9.49. The van der Waals surface area contributed by atoms with Crippen molar-refractivity contribution in [3.05, 3.63) is 45.2 Å². The van der Waals surface area contributed by atoms with E-state index in [4.69, 9.17) is 23.8 Å². The highest BCUT2D eigenvalue weighted by Crippen LogP contribution is 2.14. The van der Waals surface area contributed by atoms with Gasteiger partial charge in [0.15, 0.2) is 4.77 Å². The molecule has 0 atom stereocenters. The molecule has 2 aromatic rings. The van der Waals surface area contributed by atoms with Gasteiger partial charge < -0.3 is 9.88 Å². The first-order valence-corrected chi connectivity index (χ1v) is 6.61. The van der Waals surface area contributed by atoms with Crippen molar-refractivity contribution < 1.29 is 9.18 Å². The normalized spacial score (nSPS) is 10.6. The summed E-state index contributed by atoms with van der Waals surface area (Å²) in [4.78, 5) is 11.8. The fourth-order valence-corrected chi connectivity index (χ4v) is 1.97. The van der Waals surface area contributed by atoms with Crippen LogP contribution in [0.4, 0.5) is 4.39 Å². The maximum absolute atomic E-state index is 13.5. The Morgan fingerprint density at radius 2 is 2.35 bits per heavy atom. The number of rotatable bonds is 4. The molecule has 106 valence electrons. The predicted octanol–water partition coefficient (Wildman–Crippen LogP) is 2.24. The van der Waals surface area contributed by atoms with E-state index in [2.05, 4.69) is 15.5 Å². The molecule has 0 radical (unpaired) electrons. The molecule has 1 aromatic heterocycles. The second kappa shape index (κ2) is 6.15. The van der Waals surface area contributed by atoms with Gasteiger partial charge in [-0.2, -0.15) is 5.10 Å². The summed E-state index contributed by atoms with van der Waals surface area (Å²) in [6, 6.07) is 3.92. The summed E-state index contributed by atoms with van der Waals surface area (Å²) in [5.41, 5.74) is -0.0373. The van der Waals surface area contributed by atoms with E-state index in [1.54, 1.807) is 11.6 Å². The number of aromatic amines is 1. The molecule has 0 aliphatic heterocycles. The van der Waals surface area contributed by atoms with Gasteiger partial charge in [-0.05, 0) is 30.4 Å². The number of carbonyl (C=O) groups is 1. The maximum atomic E-state index is 13.5. The van der Waals surface area contributed by atoms with Crippen LogP contribution in [0.25, 0.3) is 0 Å². The Balaban J connectivity index is 1.95. The lowest BCUT2D eigenvalue weighted by Gasteiger charge is -2.06. The van der Waals surface area contributed by atoms with Crippen LogP contribution in [0.2, 0.25) is 5.02 Å². The van der Waals surface area contributed by atoms with E-state index in [0.29, 0.717) is 23.6 Å². The van der Waals surface area contributed by atoms with Crippen molar-refractivity contribution in [3.8, 4) is 0 Å². The minimum atomic E-state index is -0.645. The van der Waals surface area contributed by atoms with Gasteiger partial charge >= 0.3 is 0 Å². The quantitative estimate of drug-likeness (QED) is 0.851. The van der Waals surface area contributed by atoms with Crippen molar-refractivity contribution in [2.24, 2.45) is 7.05 Å². The first kappa shape index (κ1) is 14.7. The Labute approximate surface area is 124 Å². The minimum Gasteiger partial charge on any atom is -0.351 e. The number of amides is 1. The van der Waals surface area contributed by atoms with E-state index in [0.717, 1.165) is 6.07 Å². The van der Waals surface area contributed by atoms with Crippen molar-refractivity contribution in [2.75, 3.05) is 6.54 Å². The number of aromatic nitrogens is 3. The zero-order valence-corrected chi connectivity index (χ0v) is 12.2. The fourth-order valence-electron chi connectivity index (χ4n) is 1.66. The lowest BCUT2D eigenvalue weighted by molar-refractivity contribution is 0.0950. The highest BCUT2D eigenvalue weighted by Gasteiger charge is 2.12. The Morgan fingerprint density at radius 1 is 1.60 bits per heavy atom. The summed E-state index contributed by atoms with van der Waals surface area (Å²) in [6.45, 7) is 0.328. The van der Waals surface area contributed by atoms with Gasteiger partial charge in [0, 0.05) is 25.0 Å². The van der Waals surface area contributed by atoms with Gasteiger partial charge in [0.05, 0.1) is 5.56 Å². The number of nitrogens with zero attached hydrogens (tertiary/aromatic N) is 2. The fraction of sp³-hybridized carbons (Fsp3) is 0.250. The second-order valence-electron chi connectivity index (χ2n) is 4.13. The smallest absolute Gasteiger partial charge is 0.254 e. The van der Waals surface area contributed by atoms with E-state index >= 15 is 0 Å². The Bertz CT molecular complexity index is 697. The van der Waals surface area contributed by atoms with Crippen molar-refractivity contribution >= 4 is 29.7 Å². The largest absolute Gasteiger partial charge is 0.351 e. The topological polar surface area (TPSA) is 62.7 Å². The van der Waals surface area contributed by atoms with Crippen LogP contribution in [0, 0.1) is 10.6 Å². The molecule has 0 aliphatic rings. The molecule has 0 fully saturated rings. The third-order valence-electron chi connectivity index (χ3n) is 2.78.